The van der Waals surface area contributed by atoms with Crippen molar-refractivity contribution in [2.24, 2.45) is 0 Å². The van der Waals surface area contributed by atoms with Crippen molar-refractivity contribution in [3.8, 4) is 34.6 Å². The molecule has 13 nitrogen and oxygen atoms in total. The number of benzene rings is 2. The van der Waals surface area contributed by atoms with Crippen LogP contribution in [0.4, 0.5) is 38.7 Å². The lowest BCUT2D eigenvalue weighted by atomic mass is 9.85. The first-order valence-electron chi connectivity index (χ1n) is 25.0. The molecule has 0 aliphatic carbocycles. The quantitative estimate of drug-likeness (QED) is 0.103. The fourth-order valence-corrected chi connectivity index (χ4v) is 17.6. The maximum Gasteiger partial charge on any atom is 0.412 e. The Hall–Kier alpha value is -5.41. The van der Waals surface area contributed by atoms with Crippen molar-refractivity contribution in [2.75, 3.05) is 36.5 Å². The zero-order valence-corrected chi connectivity index (χ0v) is 44.2. The number of pyridine rings is 1. The number of piperazine rings is 1. The Morgan fingerprint density at radius 1 is 0.944 bits per heavy atom. The summed E-state index contributed by atoms with van der Waals surface area (Å²) in [5, 5.41) is 3.63. The molecule has 4 aromatic rings. The van der Waals surface area contributed by atoms with Crippen LogP contribution in [0.5, 0.6) is 11.9 Å². The van der Waals surface area contributed by atoms with Crippen molar-refractivity contribution in [2.45, 2.75) is 179 Å². The number of nitrogens with zero attached hydrogens (tertiary/aromatic N) is 6. The van der Waals surface area contributed by atoms with E-state index in [0.717, 1.165) is 0 Å². The van der Waals surface area contributed by atoms with Crippen LogP contribution >= 0.6 is 0 Å². The van der Waals surface area contributed by atoms with Gasteiger partial charge in [-0.05, 0) is 108 Å². The topological polar surface area (TPSA) is 131 Å². The maximum atomic E-state index is 18.4. The van der Waals surface area contributed by atoms with E-state index in [1.165, 1.54) is 12.1 Å². The number of alkyl halides is 2. The van der Waals surface area contributed by atoms with Gasteiger partial charge in [0.2, 0.25) is 5.88 Å². The molecule has 2 amide bonds. The molecule has 382 valence electrons. The minimum absolute atomic E-state index is 0.0210. The van der Waals surface area contributed by atoms with Gasteiger partial charge in [-0.2, -0.15) is 9.97 Å². The van der Waals surface area contributed by atoms with Gasteiger partial charge in [0.15, 0.2) is 5.82 Å². The van der Waals surface area contributed by atoms with Gasteiger partial charge in [-0.25, -0.2) is 32.1 Å². The van der Waals surface area contributed by atoms with Crippen LogP contribution in [0.1, 0.15) is 121 Å². The van der Waals surface area contributed by atoms with Crippen molar-refractivity contribution in [3.05, 3.63) is 41.5 Å². The summed E-state index contributed by atoms with van der Waals surface area (Å²) in [6.45, 7) is 25.7. The smallest absolute Gasteiger partial charge is 0.412 e. The minimum Gasteiger partial charge on any atom is -0.472 e. The number of hydrogen-bond donors (Lipinski definition) is 1. The molecule has 9 rings (SSSR count). The monoisotopic (exact) mass is 1000 g/mol. The molecule has 5 aliphatic rings. The summed E-state index contributed by atoms with van der Waals surface area (Å²) in [6, 6.07) is 4.57. The Kier molecular flexibility index (Phi) is 12.6. The average molecular weight is 1000 g/mol. The maximum absolute atomic E-state index is 18.4. The Bertz CT molecular complexity index is 2850. The third-order valence-corrected chi connectivity index (χ3v) is 21.6. The molecule has 1 N–H and O–H groups in total. The Morgan fingerprint density at radius 3 is 2.25 bits per heavy atom. The minimum atomic E-state index is -2.90. The van der Waals surface area contributed by atoms with E-state index in [4.69, 9.17) is 33.9 Å². The van der Waals surface area contributed by atoms with Crippen LogP contribution in [0, 0.1) is 23.1 Å². The summed E-state index contributed by atoms with van der Waals surface area (Å²) < 4.78 is 89.5. The van der Waals surface area contributed by atoms with Crippen LogP contribution in [-0.4, -0.2) is 118 Å². The predicted molar refractivity (Wildman–Crippen MR) is 268 cm³/mol. The molecule has 4 saturated heterocycles. The first-order valence-corrected chi connectivity index (χ1v) is 27.3. The number of amides is 2. The molecule has 0 saturated carbocycles. The van der Waals surface area contributed by atoms with Gasteiger partial charge in [-0.15, -0.1) is 5.54 Å². The van der Waals surface area contributed by atoms with Crippen molar-refractivity contribution < 1.29 is 46.1 Å². The number of rotatable bonds is 8. The van der Waals surface area contributed by atoms with Gasteiger partial charge in [0.1, 0.15) is 60.2 Å². The van der Waals surface area contributed by atoms with E-state index in [-0.39, 0.29) is 98.9 Å². The van der Waals surface area contributed by atoms with Crippen LogP contribution < -0.4 is 19.7 Å². The number of fused-ring (bicyclic) bond motifs is 7. The molecule has 2 aromatic carbocycles. The third kappa shape index (κ3) is 9.01. The number of aromatic nitrogens is 3. The van der Waals surface area contributed by atoms with Crippen LogP contribution in [0.25, 0.3) is 32.9 Å². The number of anilines is 2. The molecule has 0 unspecified atom stereocenters. The van der Waals surface area contributed by atoms with Gasteiger partial charge < -0.3 is 23.8 Å². The lowest BCUT2D eigenvalue weighted by Crippen LogP contribution is -2.65. The zero-order valence-electron chi connectivity index (χ0n) is 43.2. The number of hydrogen-bond acceptors (Lipinski definition) is 11. The molecule has 5 atom stereocenters. The summed E-state index contributed by atoms with van der Waals surface area (Å²) in [5.41, 5.74) is 1.61. The van der Waals surface area contributed by atoms with Gasteiger partial charge in [-0.1, -0.05) is 53.5 Å². The Labute approximate surface area is 414 Å². The van der Waals surface area contributed by atoms with Gasteiger partial charge in [0.25, 0.3) is 5.92 Å². The van der Waals surface area contributed by atoms with E-state index in [2.05, 4.69) is 58.3 Å². The number of ether oxygens (including phenoxy) is 4. The summed E-state index contributed by atoms with van der Waals surface area (Å²) in [6.07, 6.45) is -0.518. The first kappa shape index (κ1) is 50.5. The molecular weight excluding hydrogens is 935 g/mol. The normalized spacial score (nSPS) is 23.8. The summed E-state index contributed by atoms with van der Waals surface area (Å²) in [4.78, 5) is 47.4. The van der Waals surface area contributed by atoms with Gasteiger partial charge in [0.05, 0.1) is 35.8 Å². The number of carbonyl (C=O) groups excluding carboxylic acids is 2. The number of nitrogens with one attached hydrogen (secondary N) is 1. The molecule has 4 fully saturated rings. The summed E-state index contributed by atoms with van der Waals surface area (Å²) >= 11 is 0. The second kappa shape index (κ2) is 17.7. The average Bonchev–Trinajstić information content (AvgIpc) is 3.60. The largest absolute Gasteiger partial charge is 0.472 e. The fraction of sp³-hybridized carbons (Fsp3) is 0.604. The number of carbonyl (C=O) groups is 2. The van der Waals surface area contributed by atoms with Crippen LogP contribution in [0.3, 0.4) is 0 Å². The van der Waals surface area contributed by atoms with Crippen molar-refractivity contribution in [1.29, 1.82) is 0 Å². The van der Waals surface area contributed by atoms with E-state index in [0.29, 0.717) is 31.2 Å². The van der Waals surface area contributed by atoms with Crippen LogP contribution in [-0.2, 0) is 9.47 Å². The molecule has 2 aromatic heterocycles. The van der Waals surface area contributed by atoms with Crippen LogP contribution in [0.2, 0.25) is 16.6 Å². The molecule has 2 bridgehead atoms. The Morgan fingerprint density at radius 2 is 1.63 bits per heavy atom. The van der Waals surface area contributed by atoms with E-state index < -0.39 is 79.2 Å². The highest BCUT2D eigenvalue weighted by Gasteiger charge is 2.60. The molecule has 0 radical (unpaired) electrons. The SMILES string of the molecule is CC(C)[Si](C#Cc1c(F)ccc2cc(NC(=O)OC(C)(C)C)cc(-c3nc4c5c(nc(OC[C@]67CCN6CC(F)(F)C7)nc5c3F)N3C[C@H]5CC[C@@H]([C@H]3[C@H](C)O4)N5C(=O)OC(C)(C)C)c12)(C(C)C)C(C)C. The second-order valence-electron chi connectivity index (χ2n) is 23.3. The van der Waals surface area contributed by atoms with Crippen molar-refractivity contribution in [1.82, 2.24) is 24.8 Å². The highest BCUT2D eigenvalue weighted by Crippen LogP contribution is 2.50. The molecular formula is C53H67F4N7O6Si. The first-order chi connectivity index (χ1) is 33.1. The number of halogens is 4. The molecule has 71 heavy (non-hydrogen) atoms. The molecule has 18 heteroatoms. The fourth-order valence-electron chi connectivity index (χ4n) is 12.4. The summed E-state index contributed by atoms with van der Waals surface area (Å²) in [7, 11) is -2.45. The van der Waals surface area contributed by atoms with E-state index in [9.17, 15) is 18.4 Å². The lowest BCUT2D eigenvalue weighted by Gasteiger charge is -2.48. The predicted octanol–water partition coefficient (Wildman–Crippen LogP) is 11.6. The zero-order chi connectivity index (χ0) is 51.5. The highest BCUT2D eigenvalue weighted by molar-refractivity contribution is 6.90. The Balaban J connectivity index is 1.27. The van der Waals surface area contributed by atoms with Crippen LogP contribution in [0.15, 0.2) is 24.3 Å². The molecule has 0 spiro atoms. The molecule has 5 aliphatic heterocycles. The van der Waals surface area contributed by atoms with E-state index in [1.807, 2.05) is 32.6 Å². The third-order valence-electron chi connectivity index (χ3n) is 15.3. The van der Waals surface area contributed by atoms with Gasteiger partial charge >= 0.3 is 18.2 Å². The molecule has 7 heterocycles. The van der Waals surface area contributed by atoms with E-state index in [1.54, 1.807) is 42.7 Å². The van der Waals surface area contributed by atoms with Gasteiger partial charge in [0, 0.05) is 36.1 Å². The second-order valence-corrected chi connectivity index (χ2v) is 28.9. The van der Waals surface area contributed by atoms with Gasteiger partial charge in [-0.3, -0.25) is 15.1 Å². The standard InChI is InChI=1S/C53H67F4N7O6Si/c1-28(2)71(29(3)4,30(5)6)21-18-35-37(54)16-14-32-22-33(58-48(65)69-50(8,9)10)23-36(39(32)35)42-41(55)43-40-45(61-47(60-43)67-27-52-19-20-62(52)26-53(56,57)25-52)63-24-34-15-17-38(44(63)31(7)68-46(40)59-42)64(34)49(66)70-51(11,12)13/h14,16,22-23,28-31,34,38,44H,15,17,19-20,24-27H2,1-13H3,(H,58,65)/t31-,34+,38-,44+,52+/m0/s1. The van der Waals surface area contributed by atoms with E-state index >= 15 is 8.78 Å². The van der Waals surface area contributed by atoms with Crippen molar-refractivity contribution in [3.63, 3.8) is 0 Å². The van der Waals surface area contributed by atoms with Crippen molar-refractivity contribution >= 4 is 53.4 Å². The highest BCUT2D eigenvalue weighted by atomic mass is 28.3. The summed E-state index contributed by atoms with van der Waals surface area (Å²) in [5.74, 6) is -0.902. The lowest BCUT2D eigenvalue weighted by molar-refractivity contribution is -0.0132.